The molecule has 1 fully saturated rings. The molecule has 1 heterocycles. The van der Waals surface area contributed by atoms with Gasteiger partial charge in [0.1, 0.15) is 0 Å². The van der Waals surface area contributed by atoms with Crippen LogP contribution in [0.2, 0.25) is 0 Å². The third kappa shape index (κ3) is 2.79. The summed E-state index contributed by atoms with van der Waals surface area (Å²) in [4.78, 5) is 5.45. The van der Waals surface area contributed by atoms with Gasteiger partial charge in [0.25, 0.3) is 0 Å². The van der Waals surface area contributed by atoms with Crippen molar-refractivity contribution in [2.45, 2.75) is 45.7 Å². The van der Waals surface area contributed by atoms with Crippen molar-refractivity contribution in [2.24, 2.45) is 11.8 Å². The normalized spacial score (nSPS) is 31.7. The van der Waals surface area contributed by atoms with Crippen LogP contribution < -0.4 is 5.32 Å². The van der Waals surface area contributed by atoms with Crippen LogP contribution in [0, 0.1) is 11.8 Å². The summed E-state index contributed by atoms with van der Waals surface area (Å²) in [6.45, 7) is 5.74. The van der Waals surface area contributed by atoms with Crippen LogP contribution in [0.15, 0.2) is 11.7 Å². The average molecular weight is 224 g/mol. The van der Waals surface area contributed by atoms with Crippen molar-refractivity contribution < 1.29 is 0 Å². The molecule has 1 aliphatic rings. The van der Waals surface area contributed by atoms with E-state index in [1.165, 1.54) is 24.1 Å². The molecule has 1 aromatic rings. The Balaban J connectivity index is 1.86. The molecule has 2 nitrogen and oxygen atoms in total. The molecule has 0 aromatic carbocycles. The molecule has 2 atom stereocenters. The molecule has 0 radical (unpaired) electrons. The SMILES string of the molecule is CC1CCCC(C)C1NCc1cncs1. The van der Waals surface area contributed by atoms with Crippen LogP contribution in [0.25, 0.3) is 0 Å². The minimum atomic E-state index is 0.695. The first kappa shape index (κ1) is 11.1. The lowest BCUT2D eigenvalue weighted by Gasteiger charge is -2.35. The average Bonchev–Trinajstić information content (AvgIpc) is 2.70. The molecule has 2 rings (SSSR count). The molecule has 1 aromatic heterocycles. The third-order valence-electron chi connectivity index (χ3n) is 3.54. The number of hydrogen-bond donors (Lipinski definition) is 1. The molecule has 1 aliphatic carbocycles. The zero-order valence-corrected chi connectivity index (χ0v) is 10.4. The minimum absolute atomic E-state index is 0.695. The molecule has 1 N–H and O–H groups in total. The van der Waals surface area contributed by atoms with Gasteiger partial charge in [0.15, 0.2) is 0 Å². The van der Waals surface area contributed by atoms with Crippen LogP contribution in [-0.4, -0.2) is 11.0 Å². The molecule has 2 unspecified atom stereocenters. The number of rotatable bonds is 3. The predicted octanol–water partition coefficient (Wildman–Crippen LogP) is 3.06. The summed E-state index contributed by atoms with van der Waals surface area (Å²) < 4.78 is 0. The van der Waals surface area contributed by atoms with Gasteiger partial charge in [-0.1, -0.05) is 20.3 Å². The lowest BCUT2D eigenvalue weighted by Crippen LogP contribution is -2.42. The Morgan fingerprint density at radius 3 is 2.73 bits per heavy atom. The number of thiazole rings is 1. The topological polar surface area (TPSA) is 24.9 Å². The number of aromatic nitrogens is 1. The highest BCUT2D eigenvalue weighted by atomic mass is 32.1. The van der Waals surface area contributed by atoms with Gasteiger partial charge in [-0.15, -0.1) is 11.3 Å². The summed E-state index contributed by atoms with van der Waals surface area (Å²) in [5, 5.41) is 3.69. The van der Waals surface area contributed by atoms with Gasteiger partial charge in [-0.05, 0) is 24.7 Å². The highest BCUT2D eigenvalue weighted by Crippen LogP contribution is 2.29. The molecule has 0 amide bonds. The van der Waals surface area contributed by atoms with E-state index in [1.807, 2.05) is 11.7 Å². The Kier molecular flexibility index (Phi) is 3.76. The largest absolute Gasteiger partial charge is 0.309 e. The van der Waals surface area contributed by atoms with Gasteiger partial charge < -0.3 is 5.32 Å². The second-order valence-corrected chi connectivity index (χ2v) is 5.73. The highest BCUT2D eigenvalue weighted by molar-refractivity contribution is 7.09. The maximum absolute atomic E-state index is 4.10. The van der Waals surface area contributed by atoms with E-state index in [-0.39, 0.29) is 0 Å². The fourth-order valence-corrected chi connectivity index (χ4v) is 3.18. The Morgan fingerprint density at radius 2 is 2.13 bits per heavy atom. The lowest BCUT2D eigenvalue weighted by atomic mass is 9.79. The molecule has 0 spiro atoms. The van der Waals surface area contributed by atoms with Gasteiger partial charge in [0.05, 0.1) is 5.51 Å². The third-order valence-corrected chi connectivity index (χ3v) is 4.32. The van der Waals surface area contributed by atoms with Gasteiger partial charge >= 0.3 is 0 Å². The molecule has 84 valence electrons. The van der Waals surface area contributed by atoms with E-state index in [0.717, 1.165) is 18.4 Å². The van der Waals surface area contributed by atoms with Crippen LogP contribution in [0.4, 0.5) is 0 Å². The number of nitrogens with one attached hydrogen (secondary N) is 1. The smallest absolute Gasteiger partial charge is 0.0794 e. The molecule has 0 bridgehead atoms. The fourth-order valence-electron chi connectivity index (χ4n) is 2.63. The summed E-state index contributed by atoms with van der Waals surface area (Å²) in [5.74, 6) is 1.64. The van der Waals surface area contributed by atoms with Crippen LogP contribution >= 0.6 is 11.3 Å². The van der Waals surface area contributed by atoms with Crippen LogP contribution in [0.5, 0.6) is 0 Å². The lowest BCUT2D eigenvalue weighted by molar-refractivity contribution is 0.208. The van der Waals surface area contributed by atoms with E-state index in [4.69, 9.17) is 0 Å². The van der Waals surface area contributed by atoms with Crippen molar-refractivity contribution in [1.82, 2.24) is 10.3 Å². The van der Waals surface area contributed by atoms with E-state index in [0.29, 0.717) is 6.04 Å². The minimum Gasteiger partial charge on any atom is -0.309 e. The van der Waals surface area contributed by atoms with E-state index in [1.54, 1.807) is 11.3 Å². The molecule has 3 heteroatoms. The summed E-state index contributed by atoms with van der Waals surface area (Å²) in [6.07, 6.45) is 6.13. The van der Waals surface area contributed by atoms with Crippen molar-refractivity contribution in [3.8, 4) is 0 Å². The van der Waals surface area contributed by atoms with Crippen molar-refractivity contribution in [3.05, 3.63) is 16.6 Å². The first-order valence-corrected chi connectivity index (χ1v) is 6.76. The molecular weight excluding hydrogens is 204 g/mol. The zero-order valence-electron chi connectivity index (χ0n) is 9.57. The molecule has 0 saturated heterocycles. The fraction of sp³-hybridized carbons (Fsp3) is 0.750. The monoisotopic (exact) mass is 224 g/mol. The maximum Gasteiger partial charge on any atom is 0.0794 e. The molecular formula is C12H20N2S. The Bertz CT molecular complexity index is 274. The van der Waals surface area contributed by atoms with Crippen LogP contribution in [-0.2, 0) is 6.54 Å². The summed E-state index contributed by atoms with van der Waals surface area (Å²) in [7, 11) is 0. The first-order valence-electron chi connectivity index (χ1n) is 5.88. The first-order chi connectivity index (χ1) is 7.27. The van der Waals surface area contributed by atoms with Crippen molar-refractivity contribution >= 4 is 11.3 Å². The van der Waals surface area contributed by atoms with E-state index in [9.17, 15) is 0 Å². The van der Waals surface area contributed by atoms with Crippen LogP contribution in [0.3, 0.4) is 0 Å². The van der Waals surface area contributed by atoms with Gasteiger partial charge in [-0.2, -0.15) is 0 Å². The number of nitrogens with zero attached hydrogens (tertiary/aromatic N) is 1. The standard InChI is InChI=1S/C12H20N2S/c1-9-4-3-5-10(2)12(9)14-7-11-6-13-8-15-11/h6,8-10,12,14H,3-5,7H2,1-2H3. The molecule has 15 heavy (non-hydrogen) atoms. The summed E-state index contributed by atoms with van der Waals surface area (Å²) in [6, 6.07) is 0.695. The van der Waals surface area contributed by atoms with E-state index < -0.39 is 0 Å². The van der Waals surface area contributed by atoms with Gasteiger partial charge in [0.2, 0.25) is 0 Å². The second kappa shape index (κ2) is 5.08. The van der Waals surface area contributed by atoms with Gasteiger partial charge in [0, 0.05) is 23.7 Å². The van der Waals surface area contributed by atoms with Gasteiger partial charge in [-0.3, -0.25) is 4.98 Å². The molecule has 0 aliphatic heterocycles. The van der Waals surface area contributed by atoms with E-state index in [2.05, 4.69) is 24.1 Å². The summed E-state index contributed by atoms with van der Waals surface area (Å²) in [5.41, 5.74) is 1.91. The molecule has 1 saturated carbocycles. The van der Waals surface area contributed by atoms with Crippen LogP contribution in [0.1, 0.15) is 38.0 Å². The zero-order chi connectivity index (χ0) is 10.7. The number of hydrogen-bond acceptors (Lipinski definition) is 3. The van der Waals surface area contributed by atoms with E-state index >= 15 is 0 Å². The second-order valence-electron chi connectivity index (χ2n) is 4.76. The summed E-state index contributed by atoms with van der Waals surface area (Å²) >= 11 is 1.74. The predicted molar refractivity (Wildman–Crippen MR) is 64.9 cm³/mol. The van der Waals surface area contributed by atoms with Crippen molar-refractivity contribution in [3.63, 3.8) is 0 Å². The van der Waals surface area contributed by atoms with Crippen molar-refractivity contribution in [1.29, 1.82) is 0 Å². The Hall–Kier alpha value is -0.410. The Morgan fingerprint density at radius 1 is 1.40 bits per heavy atom. The maximum atomic E-state index is 4.10. The van der Waals surface area contributed by atoms with Gasteiger partial charge in [-0.25, -0.2) is 0 Å². The Labute approximate surface area is 96.1 Å². The highest BCUT2D eigenvalue weighted by Gasteiger charge is 2.26. The van der Waals surface area contributed by atoms with Crippen molar-refractivity contribution in [2.75, 3.05) is 0 Å². The quantitative estimate of drug-likeness (QED) is 0.853.